The van der Waals surface area contributed by atoms with Crippen LogP contribution in [0.2, 0.25) is 5.02 Å². The number of halogens is 2. The molecule has 0 aliphatic heterocycles. The molecule has 17 heavy (non-hydrogen) atoms. The monoisotopic (exact) mass is 328 g/mol. The summed E-state index contributed by atoms with van der Waals surface area (Å²) in [4.78, 5) is 17.5. The van der Waals surface area contributed by atoms with Crippen molar-refractivity contribution in [3.05, 3.63) is 43.1 Å². The van der Waals surface area contributed by atoms with Crippen LogP contribution in [0.3, 0.4) is 0 Å². The van der Waals surface area contributed by atoms with Gasteiger partial charge in [0, 0.05) is 5.69 Å². The van der Waals surface area contributed by atoms with Crippen LogP contribution in [0.15, 0.2) is 26.8 Å². The van der Waals surface area contributed by atoms with Gasteiger partial charge >= 0.3 is 0 Å². The van der Waals surface area contributed by atoms with Crippen molar-refractivity contribution in [2.24, 2.45) is 0 Å². The fourth-order valence-corrected chi connectivity index (χ4v) is 3.49. The van der Waals surface area contributed by atoms with E-state index in [1.165, 1.54) is 11.3 Å². The van der Waals surface area contributed by atoms with Crippen molar-refractivity contribution in [1.82, 2.24) is 9.38 Å². The third-order valence-electron chi connectivity index (χ3n) is 2.62. The molecule has 2 heterocycles. The van der Waals surface area contributed by atoms with Gasteiger partial charge < -0.3 is 0 Å². The number of nitrogens with zero attached hydrogens (tertiary/aromatic N) is 2. The molecule has 1 aromatic carbocycles. The predicted molar refractivity (Wildman–Crippen MR) is 74.3 cm³/mol. The number of thiazole rings is 1. The maximum atomic E-state index is 12.4. The van der Waals surface area contributed by atoms with Crippen molar-refractivity contribution in [2.45, 2.75) is 6.92 Å². The first-order valence-electron chi connectivity index (χ1n) is 4.85. The van der Waals surface area contributed by atoms with Gasteiger partial charge in [0.1, 0.15) is 0 Å². The number of aromatic nitrogens is 2. The van der Waals surface area contributed by atoms with Crippen molar-refractivity contribution in [2.75, 3.05) is 0 Å². The molecule has 0 saturated heterocycles. The highest BCUT2D eigenvalue weighted by Gasteiger charge is 2.13. The van der Waals surface area contributed by atoms with Crippen LogP contribution in [0.5, 0.6) is 0 Å². The van der Waals surface area contributed by atoms with Crippen LogP contribution in [0.4, 0.5) is 0 Å². The van der Waals surface area contributed by atoms with Gasteiger partial charge in [0.15, 0.2) is 4.96 Å². The minimum atomic E-state index is -0.116. The van der Waals surface area contributed by atoms with E-state index in [4.69, 9.17) is 11.6 Å². The minimum Gasteiger partial charge on any atom is -0.268 e. The number of hydrogen-bond donors (Lipinski definition) is 0. The van der Waals surface area contributed by atoms with Crippen molar-refractivity contribution >= 4 is 54.7 Å². The molecule has 0 spiro atoms. The largest absolute Gasteiger partial charge is 0.268 e. The molecule has 86 valence electrons. The summed E-state index contributed by atoms with van der Waals surface area (Å²) in [5.41, 5.74) is 1.37. The van der Waals surface area contributed by atoms with Crippen molar-refractivity contribution < 1.29 is 0 Å². The van der Waals surface area contributed by atoms with Crippen LogP contribution < -0.4 is 5.56 Å². The topological polar surface area (TPSA) is 34.4 Å². The van der Waals surface area contributed by atoms with E-state index in [9.17, 15) is 4.79 Å². The summed E-state index contributed by atoms with van der Waals surface area (Å²) >= 11 is 10.9. The smallest absolute Gasteiger partial charge is 0.268 e. The number of rotatable bonds is 0. The lowest BCUT2D eigenvalue weighted by molar-refractivity contribution is 1.04. The first kappa shape index (κ1) is 11.2. The van der Waals surface area contributed by atoms with E-state index < -0.39 is 0 Å². The molecule has 0 bridgehead atoms. The molecule has 6 heteroatoms. The molecule has 0 saturated carbocycles. The van der Waals surface area contributed by atoms with Crippen molar-refractivity contribution in [3.63, 3.8) is 0 Å². The van der Waals surface area contributed by atoms with Gasteiger partial charge in [-0.25, -0.2) is 4.98 Å². The molecule has 0 unspecified atom stereocenters. The lowest BCUT2D eigenvalue weighted by Crippen LogP contribution is -2.15. The number of aryl methyl sites for hydroxylation is 1. The summed E-state index contributed by atoms with van der Waals surface area (Å²) in [7, 11) is 0. The molecule has 0 atom stereocenters. The number of benzene rings is 1. The quantitative estimate of drug-likeness (QED) is 0.631. The average Bonchev–Trinajstić information content (AvgIpc) is 2.55. The highest BCUT2D eigenvalue weighted by molar-refractivity contribution is 9.11. The van der Waals surface area contributed by atoms with Crippen LogP contribution in [0, 0.1) is 6.92 Å². The molecular formula is C11H6BrClN2OS. The Morgan fingerprint density at radius 3 is 3.00 bits per heavy atom. The van der Waals surface area contributed by atoms with Crippen molar-refractivity contribution in [1.29, 1.82) is 0 Å². The molecule has 3 rings (SSSR count). The van der Waals surface area contributed by atoms with Gasteiger partial charge in [-0.3, -0.25) is 9.20 Å². The van der Waals surface area contributed by atoms with E-state index in [2.05, 4.69) is 20.9 Å². The molecule has 3 nitrogen and oxygen atoms in total. The zero-order chi connectivity index (χ0) is 12.2. The normalized spacial score (nSPS) is 11.5. The summed E-state index contributed by atoms with van der Waals surface area (Å²) in [6.45, 7) is 1.87. The molecule has 2 aromatic heterocycles. The van der Waals surface area contributed by atoms with E-state index in [-0.39, 0.29) is 5.56 Å². The Labute approximate surface area is 114 Å². The van der Waals surface area contributed by atoms with E-state index in [0.717, 1.165) is 9.48 Å². The summed E-state index contributed by atoms with van der Waals surface area (Å²) < 4.78 is 2.50. The highest BCUT2D eigenvalue weighted by atomic mass is 79.9. The summed E-state index contributed by atoms with van der Waals surface area (Å²) in [5.74, 6) is 0. The lowest BCUT2D eigenvalue weighted by atomic mass is 10.2. The van der Waals surface area contributed by atoms with E-state index >= 15 is 0 Å². The lowest BCUT2D eigenvalue weighted by Gasteiger charge is -2.01. The zero-order valence-electron chi connectivity index (χ0n) is 8.70. The van der Waals surface area contributed by atoms with Crippen LogP contribution >= 0.6 is 38.9 Å². The standard InChI is InChI=1S/C11H6BrClN2OS/c1-5-9(12)17-11-14-7-4-2-3-6(13)8(7)10(16)15(5)11/h2-4H,1H3. The predicted octanol–water partition coefficient (Wildman–Crippen LogP) is 3.63. The van der Waals surface area contributed by atoms with Crippen LogP contribution in [-0.4, -0.2) is 9.38 Å². The fraction of sp³-hybridized carbons (Fsp3) is 0.0909. The van der Waals surface area contributed by atoms with E-state index in [0.29, 0.717) is 20.9 Å². The molecule has 0 radical (unpaired) electrons. The van der Waals surface area contributed by atoms with Gasteiger partial charge in [-0.15, -0.1) is 0 Å². The molecule has 0 amide bonds. The first-order valence-corrected chi connectivity index (χ1v) is 6.84. The van der Waals surface area contributed by atoms with Gasteiger partial charge in [-0.05, 0) is 35.0 Å². The maximum Gasteiger partial charge on any atom is 0.268 e. The Hall–Kier alpha value is -0.910. The second-order valence-electron chi connectivity index (χ2n) is 3.63. The molecular weight excluding hydrogens is 324 g/mol. The Bertz CT molecular complexity index is 808. The maximum absolute atomic E-state index is 12.4. The first-order chi connectivity index (χ1) is 8.09. The summed E-state index contributed by atoms with van der Waals surface area (Å²) in [6, 6.07) is 5.30. The van der Waals surface area contributed by atoms with Crippen LogP contribution in [0.25, 0.3) is 15.9 Å². The average molecular weight is 330 g/mol. The van der Waals surface area contributed by atoms with E-state index in [1.807, 2.05) is 6.92 Å². The van der Waals surface area contributed by atoms with Crippen LogP contribution in [0.1, 0.15) is 5.69 Å². The molecule has 0 fully saturated rings. The highest BCUT2D eigenvalue weighted by Crippen LogP contribution is 2.28. The number of fused-ring (bicyclic) bond motifs is 2. The summed E-state index contributed by atoms with van der Waals surface area (Å²) in [5, 5.41) is 0.913. The third kappa shape index (κ3) is 1.53. The fourth-order valence-electron chi connectivity index (χ4n) is 1.78. The molecule has 3 aromatic rings. The van der Waals surface area contributed by atoms with Gasteiger partial charge in [0.05, 0.1) is 19.7 Å². The van der Waals surface area contributed by atoms with Gasteiger partial charge in [0.2, 0.25) is 0 Å². The van der Waals surface area contributed by atoms with Crippen LogP contribution in [-0.2, 0) is 0 Å². The Kier molecular flexibility index (Phi) is 2.50. The number of hydrogen-bond acceptors (Lipinski definition) is 3. The summed E-state index contributed by atoms with van der Waals surface area (Å²) in [6.07, 6.45) is 0. The Balaban J connectivity index is 2.68. The Morgan fingerprint density at radius 2 is 2.24 bits per heavy atom. The van der Waals surface area contributed by atoms with Gasteiger partial charge in [0.25, 0.3) is 5.56 Å². The molecule has 0 aliphatic carbocycles. The van der Waals surface area contributed by atoms with Crippen molar-refractivity contribution in [3.8, 4) is 0 Å². The SMILES string of the molecule is Cc1c(Br)sc2nc3cccc(Cl)c3c(=O)n12. The molecule has 0 aliphatic rings. The Morgan fingerprint density at radius 1 is 1.47 bits per heavy atom. The minimum absolute atomic E-state index is 0.116. The second-order valence-corrected chi connectivity index (χ2v) is 6.33. The zero-order valence-corrected chi connectivity index (χ0v) is 11.9. The van der Waals surface area contributed by atoms with Gasteiger partial charge in [-0.1, -0.05) is 29.0 Å². The van der Waals surface area contributed by atoms with Gasteiger partial charge in [-0.2, -0.15) is 0 Å². The molecule has 0 N–H and O–H groups in total. The van der Waals surface area contributed by atoms with E-state index in [1.54, 1.807) is 22.6 Å². The second kappa shape index (κ2) is 3.80. The third-order valence-corrected chi connectivity index (χ3v) is 4.92.